The summed E-state index contributed by atoms with van der Waals surface area (Å²) in [5.74, 6) is -1.58. The Hall–Kier alpha value is -4.37. The number of piperidine rings is 1. The van der Waals surface area contributed by atoms with Crippen LogP contribution in [0.4, 0.5) is 8.78 Å². The molecule has 5 rings (SSSR count). The number of halogens is 2. The molecule has 4 aromatic rings. The van der Waals surface area contributed by atoms with Crippen LogP contribution in [0.2, 0.25) is 0 Å². The number of carbonyl (C=O) groups is 2. The minimum absolute atomic E-state index is 0.159. The van der Waals surface area contributed by atoms with Crippen molar-refractivity contribution in [2.75, 3.05) is 13.1 Å². The Morgan fingerprint density at radius 2 is 1.90 bits per heavy atom. The molecule has 0 aliphatic carbocycles. The molecule has 200 valence electrons. The van der Waals surface area contributed by atoms with Crippen LogP contribution in [0.1, 0.15) is 44.7 Å². The zero-order chi connectivity index (χ0) is 27.5. The number of hydrogen-bond acceptors (Lipinski definition) is 5. The molecule has 1 saturated heterocycles. The fourth-order valence-electron chi connectivity index (χ4n) is 4.61. The molecule has 1 amide bonds. The fourth-order valence-corrected chi connectivity index (χ4v) is 4.61. The first-order valence-electron chi connectivity index (χ1n) is 12.6. The van der Waals surface area contributed by atoms with Gasteiger partial charge in [-0.15, -0.1) is 0 Å². The lowest BCUT2D eigenvalue weighted by atomic mass is 10.0. The van der Waals surface area contributed by atoms with E-state index in [1.807, 2.05) is 6.92 Å². The molecule has 39 heavy (non-hydrogen) atoms. The van der Waals surface area contributed by atoms with Crippen molar-refractivity contribution in [3.05, 3.63) is 101 Å². The highest BCUT2D eigenvalue weighted by atomic mass is 19.1. The molecule has 1 unspecified atom stereocenters. The average Bonchev–Trinajstić information content (AvgIpc) is 3.42. The zero-order valence-corrected chi connectivity index (χ0v) is 21.3. The molecular weight excluding hydrogens is 504 g/mol. The second-order valence-corrected chi connectivity index (χ2v) is 9.67. The van der Waals surface area contributed by atoms with Gasteiger partial charge in [0, 0.05) is 43.5 Å². The van der Waals surface area contributed by atoms with Crippen LogP contribution in [0.3, 0.4) is 0 Å². The molecule has 0 radical (unpaired) electrons. The van der Waals surface area contributed by atoms with Gasteiger partial charge in [-0.1, -0.05) is 17.7 Å². The average molecular weight is 532 g/mol. The molecule has 0 spiro atoms. The van der Waals surface area contributed by atoms with Gasteiger partial charge in [0.25, 0.3) is 5.91 Å². The number of ether oxygens (including phenoxy) is 1. The van der Waals surface area contributed by atoms with Crippen molar-refractivity contribution in [2.45, 2.75) is 32.3 Å². The van der Waals surface area contributed by atoms with Crippen LogP contribution in [-0.2, 0) is 6.42 Å². The van der Waals surface area contributed by atoms with E-state index in [2.05, 4.69) is 9.97 Å². The van der Waals surface area contributed by atoms with Gasteiger partial charge in [-0.25, -0.2) is 8.78 Å². The van der Waals surface area contributed by atoms with Gasteiger partial charge in [0.2, 0.25) is 0 Å². The first-order valence-corrected chi connectivity index (χ1v) is 12.6. The van der Waals surface area contributed by atoms with Crippen LogP contribution in [0, 0.1) is 18.6 Å². The summed E-state index contributed by atoms with van der Waals surface area (Å²) in [6.45, 7) is 2.70. The molecule has 1 atom stereocenters. The van der Waals surface area contributed by atoms with Crippen LogP contribution < -0.4 is 4.74 Å². The number of pyridine rings is 1. The van der Waals surface area contributed by atoms with E-state index >= 15 is 0 Å². The summed E-state index contributed by atoms with van der Waals surface area (Å²) in [5.41, 5.74) is 2.76. The number of carbonyl (C=O) groups excluding carboxylic acids is 2. The number of rotatable bonds is 7. The highest BCUT2D eigenvalue weighted by molar-refractivity contribution is 5.98. The minimum atomic E-state index is -0.664. The predicted molar refractivity (Wildman–Crippen MR) is 141 cm³/mol. The highest BCUT2D eigenvalue weighted by Crippen LogP contribution is 2.29. The number of Topliss-reactive ketones (excluding diaryl/α,β-unsaturated/α-hetero) is 1. The summed E-state index contributed by atoms with van der Waals surface area (Å²) in [5, 5.41) is 9.88. The van der Waals surface area contributed by atoms with Gasteiger partial charge in [0.1, 0.15) is 11.6 Å². The maximum Gasteiger partial charge on any atom is 0.255 e. The number of ketones is 1. The predicted octanol–water partition coefficient (Wildman–Crippen LogP) is 5.48. The van der Waals surface area contributed by atoms with Crippen LogP contribution >= 0.6 is 0 Å². The number of β-amino-alcohol motifs (C(OH)–C–C–N with tert-alkyl or cyclic N) is 1. The largest absolute Gasteiger partial charge is 0.454 e. The second-order valence-electron chi connectivity index (χ2n) is 9.67. The van der Waals surface area contributed by atoms with Crippen molar-refractivity contribution < 1.29 is 28.2 Å². The third-order valence-electron chi connectivity index (χ3n) is 6.65. The third kappa shape index (κ3) is 6.04. The lowest BCUT2D eigenvalue weighted by Crippen LogP contribution is -2.42. The Bertz CT molecular complexity index is 1530. The quantitative estimate of drug-likeness (QED) is 0.308. The molecule has 0 saturated carbocycles. The van der Waals surface area contributed by atoms with Gasteiger partial charge >= 0.3 is 0 Å². The first kappa shape index (κ1) is 26.2. The molecule has 0 bridgehead atoms. The summed E-state index contributed by atoms with van der Waals surface area (Å²) in [7, 11) is 0. The zero-order valence-electron chi connectivity index (χ0n) is 21.3. The Labute approximate surface area is 224 Å². The number of amides is 1. The molecule has 1 aliphatic heterocycles. The van der Waals surface area contributed by atoms with Gasteiger partial charge in [0.15, 0.2) is 17.3 Å². The minimum Gasteiger partial charge on any atom is -0.454 e. The van der Waals surface area contributed by atoms with Gasteiger partial charge in [-0.05, 0) is 61.7 Å². The second kappa shape index (κ2) is 11.2. The summed E-state index contributed by atoms with van der Waals surface area (Å²) in [4.78, 5) is 34.6. The highest BCUT2D eigenvalue weighted by Gasteiger charge is 2.24. The summed E-state index contributed by atoms with van der Waals surface area (Å²) in [6, 6.07) is 13.1. The molecular formula is C30H27F2N3O4. The number of nitrogens with zero attached hydrogens (tertiary/aromatic N) is 2. The molecule has 1 aliphatic rings. The Balaban J connectivity index is 1.32. The number of aromatic amines is 1. The molecule has 3 heterocycles. The van der Waals surface area contributed by atoms with Gasteiger partial charge in [-0.3, -0.25) is 14.6 Å². The summed E-state index contributed by atoms with van der Waals surface area (Å²) < 4.78 is 34.5. The van der Waals surface area contributed by atoms with Gasteiger partial charge in [0.05, 0.1) is 23.1 Å². The first-order chi connectivity index (χ1) is 18.8. The standard InChI is InChI=1S/C30H27F2N3O4/c1-18-4-6-24(31)20(11-18)13-28(37)19-5-7-25(32)29(14-19)39-23-8-9-33-27(15-23)26-12-21(16-34-26)30(38)35-10-2-3-22(36)17-35/h4-9,11-12,14-16,22,34,36H,2-3,10,13,17H2,1H3. The van der Waals surface area contributed by atoms with Crippen molar-refractivity contribution >= 4 is 11.7 Å². The number of benzene rings is 2. The molecule has 2 aromatic heterocycles. The number of aromatic nitrogens is 2. The van der Waals surface area contributed by atoms with Crippen molar-refractivity contribution in [3.63, 3.8) is 0 Å². The van der Waals surface area contributed by atoms with E-state index in [4.69, 9.17) is 4.74 Å². The lowest BCUT2D eigenvalue weighted by Gasteiger charge is -2.29. The van der Waals surface area contributed by atoms with E-state index in [-0.39, 0.29) is 40.7 Å². The van der Waals surface area contributed by atoms with Crippen LogP contribution in [0.15, 0.2) is 67.0 Å². The van der Waals surface area contributed by atoms with E-state index in [9.17, 15) is 23.5 Å². The molecule has 2 N–H and O–H groups in total. The SMILES string of the molecule is Cc1ccc(F)c(CC(=O)c2ccc(F)c(Oc3ccnc(-c4cc(C(=O)N5CCCC(O)C5)c[nH]4)c3)c2)c1. The van der Waals surface area contributed by atoms with E-state index in [1.165, 1.54) is 24.4 Å². The van der Waals surface area contributed by atoms with Crippen LogP contribution in [0.5, 0.6) is 11.5 Å². The van der Waals surface area contributed by atoms with Crippen LogP contribution in [0.25, 0.3) is 11.4 Å². The molecule has 7 nitrogen and oxygen atoms in total. The number of aliphatic hydroxyl groups excluding tert-OH is 1. The summed E-state index contributed by atoms with van der Waals surface area (Å²) in [6.07, 6.45) is 3.82. The monoisotopic (exact) mass is 531 g/mol. The molecule has 2 aromatic carbocycles. The Morgan fingerprint density at radius 3 is 2.72 bits per heavy atom. The van der Waals surface area contributed by atoms with Gasteiger partial charge in [-0.2, -0.15) is 0 Å². The topological polar surface area (TPSA) is 95.5 Å². The number of likely N-dealkylation sites (tertiary alicyclic amines) is 1. The number of H-pyrrole nitrogens is 1. The molecule has 1 fully saturated rings. The van der Waals surface area contributed by atoms with Crippen molar-refractivity contribution in [2.24, 2.45) is 0 Å². The third-order valence-corrected chi connectivity index (χ3v) is 6.65. The lowest BCUT2D eigenvalue weighted by molar-refractivity contribution is 0.0474. The van der Waals surface area contributed by atoms with Crippen molar-refractivity contribution in [1.82, 2.24) is 14.9 Å². The number of hydrogen-bond donors (Lipinski definition) is 2. The van der Waals surface area contributed by atoms with E-state index in [1.54, 1.807) is 41.4 Å². The van der Waals surface area contributed by atoms with Crippen molar-refractivity contribution in [1.29, 1.82) is 0 Å². The van der Waals surface area contributed by atoms with E-state index < -0.39 is 17.7 Å². The fraction of sp³-hybridized carbons (Fsp3) is 0.233. The van der Waals surface area contributed by atoms with Gasteiger partial charge < -0.3 is 19.7 Å². The number of nitrogens with one attached hydrogen (secondary N) is 1. The normalized spacial score (nSPS) is 15.3. The maximum absolute atomic E-state index is 14.6. The smallest absolute Gasteiger partial charge is 0.255 e. The Kier molecular flexibility index (Phi) is 7.51. The Morgan fingerprint density at radius 1 is 1.08 bits per heavy atom. The van der Waals surface area contributed by atoms with Crippen LogP contribution in [-0.4, -0.2) is 50.9 Å². The number of aliphatic hydroxyl groups is 1. The maximum atomic E-state index is 14.6. The van der Waals surface area contributed by atoms with Crippen molar-refractivity contribution in [3.8, 4) is 22.9 Å². The molecule has 9 heteroatoms. The number of aryl methyl sites for hydroxylation is 1. The summed E-state index contributed by atoms with van der Waals surface area (Å²) >= 11 is 0. The van der Waals surface area contributed by atoms with E-state index in [0.29, 0.717) is 36.5 Å². The van der Waals surface area contributed by atoms with E-state index in [0.717, 1.165) is 18.1 Å².